The van der Waals surface area contributed by atoms with Crippen LogP contribution in [0.25, 0.3) is 20.4 Å². The number of unbranched alkanes of at least 4 members (excludes halogenated alkanes) is 4. The maximum Gasteiger partial charge on any atom is 0.147 e. The molecule has 0 atom stereocenters. The first kappa shape index (κ1) is 19.6. The molecule has 0 spiro atoms. The second kappa shape index (κ2) is 9.17. The van der Waals surface area contributed by atoms with Crippen molar-refractivity contribution in [2.75, 3.05) is 11.9 Å². The van der Waals surface area contributed by atoms with Gasteiger partial charge in [-0.2, -0.15) is 0 Å². The first-order valence-corrected chi connectivity index (χ1v) is 12.0. The minimum Gasteiger partial charge on any atom is -0.369 e. The summed E-state index contributed by atoms with van der Waals surface area (Å²) in [5.41, 5.74) is 5.51. The number of hydrogen-bond acceptors (Lipinski definition) is 5. The van der Waals surface area contributed by atoms with Crippen molar-refractivity contribution in [3.8, 4) is 0 Å². The van der Waals surface area contributed by atoms with E-state index in [1.165, 1.54) is 91.1 Å². The van der Waals surface area contributed by atoms with Crippen LogP contribution in [0.4, 0.5) is 5.82 Å². The van der Waals surface area contributed by atoms with E-state index in [0.29, 0.717) is 0 Å². The van der Waals surface area contributed by atoms with Gasteiger partial charge < -0.3 is 5.32 Å². The highest BCUT2D eigenvalue weighted by molar-refractivity contribution is 7.26. The van der Waals surface area contributed by atoms with Crippen LogP contribution in [0.1, 0.15) is 82.0 Å². The van der Waals surface area contributed by atoms with E-state index in [1.54, 1.807) is 17.7 Å². The molecule has 4 rings (SSSR count). The Bertz CT molecular complexity index is 947. The van der Waals surface area contributed by atoms with Crippen LogP contribution < -0.4 is 5.32 Å². The normalized spacial score (nSPS) is 13.9. The van der Waals surface area contributed by atoms with Crippen molar-refractivity contribution in [3.05, 3.63) is 23.1 Å². The lowest BCUT2D eigenvalue weighted by Gasteiger charge is -2.20. The first-order chi connectivity index (χ1) is 13.8. The van der Waals surface area contributed by atoms with Gasteiger partial charge in [-0.25, -0.2) is 15.0 Å². The summed E-state index contributed by atoms with van der Waals surface area (Å²) in [5.74, 6) is 0.990. The van der Waals surface area contributed by atoms with Crippen LogP contribution in [-0.2, 0) is 19.3 Å². The molecule has 0 aliphatic heterocycles. The lowest BCUT2D eigenvalue weighted by molar-refractivity contribution is 0.670. The van der Waals surface area contributed by atoms with Gasteiger partial charge in [0.25, 0.3) is 0 Å². The van der Waals surface area contributed by atoms with E-state index in [2.05, 4.69) is 24.1 Å². The number of aryl methyl sites for hydroxylation is 2. The van der Waals surface area contributed by atoms with E-state index in [1.807, 2.05) is 0 Å². The first-order valence-electron chi connectivity index (χ1n) is 11.1. The van der Waals surface area contributed by atoms with Crippen LogP contribution >= 0.6 is 11.3 Å². The van der Waals surface area contributed by atoms with Gasteiger partial charge in [-0.05, 0) is 56.1 Å². The van der Waals surface area contributed by atoms with Crippen molar-refractivity contribution < 1.29 is 0 Å². The summed E-state index contributed by atoms with van der Waals surface area (Å²) in [6.45, 7) is 5.49. The Hall–Kier alpha value is -1.75. The second-order valence-electron chi connectivity index (χ2n) is 8.00. The third kappa shape index (κ3) is 3.86. The molecule has 0 radical (unpaired) electrons. The summed E-state index contributed by atoms with van der Waals surface area (Å²) < 4.78 is 1.18. The smallest absolute Gasteiger partial charge is 0.147 e. The summed E-state index contributed by atoms with van der Waals surface area (Å²) in [6, 6.07) is 0. The standard InChI is InChI=1S/C23H32N4S/c1-3-5-7-10-14-24-22-21-20(25-15-26-22)19-17-12-9-8-11-16(17)18(13-6-4-2)27-23(19)28-21/h15H,3-14H2,1-2H3,(H,24,25,26). The molecular formula is C23H32N4S. The lowest BCUT2D eigenvalue weighted by Crippen LogP contribution is -2.09. The van der Waals surface area contributed by atoms with Gasteiger partial charge in [-0.15, -0.1) is 11.3 Å². The molecular weight excluding hydrogens is 364 g/mol. The van der Waals surface area contributed by atoms with E-state index in [4.69, 9.17) is 9.97 Å². The van der Waals surface area contributed by atoms with Crippen LogP contribution in [0.3, 0.4) is 0 Å². The minimum atomic E-state index is 0.980. The number of nitrogens with one attached hydrogen (secondary N) is 1. The van der Waals surface area contributed by atoms with Crippen LogP contribution in [0, 0.1) is 0 Å². The predicted octanol–water partition coefficient (Wildman–Crippen LogP) is 6.45. The SMILES string of the molecule is CCCCCCNc1ncnc2c1sc1nc(CCCC)c3c(c12)CCCC3. The Morgan fingerprint density at radius 3 is 2.61 bits per heavy atom. The number of rotatable bonds is 9. The summed E-state index contributed by atoms with van der Waals surface area (Å²) in [6.07, 6.45) is 15.3. The minimum absolute atomic E-state index is 0.980. The molecule has 4 nitrogen and oxygen atoms in total. The summed E-state index contributed by atoms with van der Waals surface area (Å²) in [5, 5.41) is 4.88. The average molecular weight is 397 g/mol. The van der Waals surface area contributed by atoms with Gasteiger partial charge in [0.15, 0.2) is 0 Å². The molecule has 1 aliphatic rings. The lowest BCUT2D eigenvalue weighted by atomic mass is 9.87. The fourth-order valence-corrected chi connectivity index (χ4v) is 5.52. The van der Waals surface area contributed by atoms with Crippen molar-refractivity contribution >= 4 is 37.6 Å². The van der Waals surface area contributed by atoms with Gasteiger partial charge in [0.1, 0.15) is 17.0 Å². The molecule has 0 bridgehead atoms. The molecule has 3 aromatic rings. The summed E-state index contributed by atoms with van der Waals surface area (Å²) in [4.78, 5) is 15.6. The highest BCUT2D eigenvalue weighted by Crippen LogP contribution is 2.40. The Kier molecular flexibility index (Phi) is 6.40. The van der Waals surface area contributed by atoms with Crippen molar-refractivity contribution in [2.24, 2.45) is 0 Å². The molecule has 1 aliphatic carbocycles. The fraction of sp³-hybridized carbons (Fsp3) is 0.609. The Labute approximate surface area is 172 Å². The van der Waals surface area contributed by atoms with E-state index in [9.17, 15) is 0 Å². The quantitative estimate of drug-likeness (QED) is 0.422. The molecule has 1 N–H and O–H groups in total. The molecule has 28 heavy (non-hydrogen) atoms. The Balaban J connectivity index is 1.73. The molecule has 3 heterocycles. The van der Waals surface area contributed by atoms with Gasteiger partial charge in [0.05, 0.1) is 10.2 Å². The zero-order chi connectivity index (χ0) is 19.3. The predicted molar refractivity (Wildman–Crippen MR) is 121 cm³/mol. The zero-order valence-corrected chi connectivity index (χ0v) is 18.1. The van der Waals surface area contributed by atoms with Gasteiger partial charge in [-0.1, -0.05) is 39.5 Å². The van der Waals surface area contributed by atoms with Crippen LogP contribution in [0.2, 0.25) is 0 Å². The topological polar surface area (TPSA) is 50.7 Å². The molecule has 0 amide bonds. The highest BCUT2D eigenvalue weighted by atomic mass is 32.1. The molecule has 0 fully saturated rings. The Morgan fingerprint density at radius 1 is 0.964 bits per heavy atom. The summed E-state index contributed by atoms with van der Waals surface area (Å²) >= 11 is 1.78. The molecule has 3 aromatic heterocycles. The van der Waals surface area contributed by atoms with E-state index < -0.39 is 0 Å². The maximum absolute atomic E-state index is 5.15. The van der Waals surface area contributed by atoms with Gasteiger partial charge in [0, 0.05) is 17.6 Å². The molecule has 0 saturated carbocycles. The van der Waals surface area contributed by atoms with Crippen LogP contribution in [0.15, 0.2) is 6.33 Å². The molecule has 5 heteroatoms. The number of nitrogens with zero attached hydrogens (tertiary/aromatic N) is 3. The van der Waals surface area contributed by atoms with Gasteiger partial charge >= 0.3 is 0 Å². The summed E-state index contributed by atoms with van der Waals surface area (Å²) in [7, 11) is 0. The second-order valence-corrected chi connectivity index (χ2v) is 8.99. The van der Waals surface area contributed by atoms with Crippen molar-refractivity contribution in [2.45, 2.75) is 84.5 Å². The van der Waals surface area contributed by atoms with Crippen molar-refractivity contribution in [1.29, 1.82) is 0 Å². The van der Waals surface area contributed by atoms with Gasteiger partial charge in [0.2, 0.25) is 0 Å². The largest absolute Gasteiger partial charge is 0.369 e. The fourth-order valence-electron chi connectivity index (χ4n) is 4.37. The number of aromatic nitrogens is 3. The molecule has 0 aromatic carbocycles. The monoisotopic (exact) mass is 396 g/mol. The average Bonchev–Trinajstić information content (AvgIpc) is 3.11. The number of thiophene rings is 1. The Morgan fingerprint density at radius 2 is 1.79 bits per heavy atom. The van der Waals surface area contributed by atoms with E-state index in [0.717, 1.165) is 29.1 Å². The van der Waals surface area contributed by atoms with Crippen molar-refractivity contribution in [1.82, 2.24) is 15.0 Å². The van der Waals surface area contributed by atoms with E-state index in [-0.39, 0.29) is 0 Å². The maximum atomic E-state index is 5.15. The van der Waals surface area contributed by atoms with Crippen LogP contribution in [0.5, 0.6) is 0 Å². The van der Waals surface area contributed by atoms with Crippen molar-refractivity contribution in [3.63, 3.8) is 0 Å². The number of anilines is 1. The highest BCUT2D eigenvalue weighted by Gasteiger charge is 2.22. The van der Waals surface area contributed by atoms with E-state index >= 15 is 0 Å². The number of pyridine rings is 1. The zero-order valence-electron chi connectivity index (χ0n) is 17.3. The van der Waals surface area contributed by atoms with Crippen LogP contribution in [-0.4, -0.2) is 21.5 Å². The third-order valence-electron chi connectivity index (χ3n) is 5.90. The molecule has 150 valence electrons. The number of fused-ring (bicyclic) bond motifs is 5. The third-order valence-corrected chi connectivity index (χ3v) is 6.98. The molecule has 0 saturated heterocycles. The number of hydrogen-bond donors (Lipinski definition) is 1. The van der Waals surface area contributed by atoms with Gasteiger partial charge in [-0.3, -0.25) is 0 Å². The molecule has 0 unspecified atom stereocenters.